The monoisotopic (exact) mass is 355 g/mol. The lowest BCUT2D eigenvalue weighted by Gasteiger charge is -2.46. The normalized spacial score (nSPS) is 18.4. The summed E-state index contributed by atoms with van der Waals surface area (Å²) in [7, 11) is 0. The molecule has 1 aromatic heterocycles. The van der Waals surface area contributed by atoms with E-state index in [2.05, 4.69) is 10.6 Å². The van der Waals surface area contributed by atoms with Gasteiger partial charge in [0, 0.05) is 36.5 Å². The van der Waals surface area contributed by atoms with E-state index < -0.39 is 5.66 Å². The number of carbonyl (C=O) groups excluding carboxylic acids is 2. The van der Waals surface area contributed by atoms with Gasteiger partial charge in [0.1, 0.15) is 5.66 Å². The summed E-state index contributed by atoms with van der Waals surface area (Å²) >= 11 is 1.61. The molecule has 6 heteroatoms. The summed E-state index contributed by atoms with van der Waals surface area (Å²) < 4.78 is 0. The van der Waals surface area contributed by atoms with E-state index in [1.54, 1.807) is 11.3 Å². The maximum atomic E-state index is 12.6. The lowest BCUT2D eigenvalue weighted by molar-refractivity contribution is -0.131. The summed E-state index contributed by atoms with van der Waals surface area (Å²) in [6.07, 6.45) is 1.89. The SMILES string of the molecule is Cc1cccc2c1C(=O)NC1(CCN(C(=O)Cc3cccs3)CC1)N2. The standard InChI is InChI=1S/C19H21N3O2S/c1-13-4-2-6-15-17(13)18(24)21-19(20-15)7-9-22(10-8-19)16(23)12-14-5-3-11-25-14/h2-6,11,20H,7-10,12H2,1H3,(H,21,24). The molecule has 3 heterocycles. The van der Waals surface area contributed by atoms with Gasteiger partial charge in [-0.25, -0.2) is 0 Å². The molecule has 2 aliphatic heterocycles. The van der Waals surface area contributed by atoms with Crippen molar-refractivity contribution in [3.8, 4) is 0 Å². The molecule has 4 rings (SSSR count). The Labute approximate surface area is 151 Å². The molecule has 1 aromatic carbocycles. The van der Waals surface area contributed by atoms with Gasteiger partial charge < -0.3 is 15.5 Å². The summed E-state index contributed by atoms with van der Waals surface area (Å²) in [6, 6.07) is 9.84. The van der Waals surface area contributed by atoms with Crippen molar-refractivity contribution >= 4 is 28.8 Å². The number of fused-ring (bicyclic) bond motifs is 1. The Morgan fingerprint density at radius 1 is 1.20 bits per heavy atom. The van der Waals surface area contributed by atoms with Crippen LogP contribution in [0, 0.1) is 6.92 Å². The number of nitrogens with one attached hydrogen (secondary N) is 2. The van der Waals surface area contributed by atoms with Crippen LogP contribution in [0.4, 0.5) is 5.69 Å². The first-order valence-electron chi connectivity index (χ1n) is 8.57. The molecule has 0 radical (unpaired) electrons. The number of hydrogen-bond acceptors (Lipinski definition) is 4. The molecule has 0 bridgehead atoms. The van der Waals surface area contributed by atoms with Gasteiger partial charge in [0.05, 0.1) is 12.0 Å². The van der Waals surface area contributed by atoms with Crippen LogP contribution in [0.5, 0.6) is 0 Å². The molecular formula is C19H21N3O2S. The molecule has 1 spiro atoms. The third-order valence-electron chi connectivity index (χ3n) is 5.10. The number of thiophene rings is 1. The first kappa shape index (κ1) is 16.1. The quantitative estimate of drug-likeness (QED) is 0.871. The maximum Gasteiger partial charge on any atom is 0.255 e. The molecule has 2 N–H and O–H groups in total. The number of likely N-dealkylation sites (tertiary alicyclic amines) is 1. The topological polar surface area (TPSA) is 61.4 Å². The van der Waals surface area contributed by atoms with Crippen molar-refractivity contribution in [2.24, 2.45) is 0 Å². The lowest BCUT2D eigenvalue weighted by Crippen LogP contribution is -2.63. The van der Waals surface area contributed by atoms with Crippen LogP contribution < -0.4 is 10.6 Å². The predicted octanol–water partition coefficient (Wildman–Crippen LogP) is 2.77. The number of benzene rings is 1. The molecule has 5 nitrogen and oxygen atoms in total. The van der Waals surface area contributed by atoms with Crippen LogP contribution in [0.15, 0.2) is 35.7 Å². The zero-order chi connectivity index (χ0) is 17.4. The second kappa shape index (κ2) is 6.19. The van der Waals surface area contributed by atoms with Crippen LogP contribution in [-0.4, -0.2) is 35.5 Å². The number of piperidine rings is 1. The van der Waals surface area contributed by atoms with Crippen molar-refractivity contribution < 1.29 is 9.59 Å². The van der Waals surface area contributed by atoms with Crippen LogP contribution in [0.2, 0.25) is 0 Å². The minimum Gasteiger partial charge on any atom is -0.362 e. The highest BCUT2D eigenvalue weighted by molar-refractivity contribution is 7.10. The molecule has 0 aliphatic carbocycles. The van der Waals surface area contributed by atoms with E-state index in [-0.39, 0.29) is 11.8 Å². The van der Waals surface area contributed by atoms with Gasteiger partial charge in [-0.3, -0.25) is 9.59 Å². The summed E-state index contributed by atoms with van der Waals surface area (Å²) in [4.78, 5) is 28.0. The highest BCUT2D eigenvalue weighted by Gasteiger charge is 2.41. The molecule has 2 aromatic rings. The Bertz CT molecular complexity index is 808. The minimum atomic E-state index is -0.447. The molecule has 0 saturated carbocycles. The summed E-state index contributed by atoms with van der Waals surface area (Å²) in [5.41, 5.74) is 2.14. The van der Waals surface area contributed by atoms with E-state index in [0.717, 1.165) is 21.7 Å². The van der Waals surface area contributed by atoms with Gasteiger partial charge in [-0.1, -0.05) is 18.2 Å². The highest BCUT2D eigenvalue weighted by atomic mass is 32.1. The van der Waals surface area contributed by atoms with Crippen molar-refractivity contribution in [2.45, 2.75) is 31.8 Å². The van der Waals surface area contributed by atoms with Gasteiger partial charge in [-0.05, 0) is 30.0 Å². The Morgan fingerprint density at radius 2 is 2.00 bits per heavy atom. The third kappa shape index (κ3) is 3.02. The van der Waals surface area contributed by atoms with E-state index in [9.17, 15) is 9.59 Å². The van der Waals surface area contributed by atoms with Crippen LogP contribution in [-0.2, 0) is 11.2 Å². The van der Waals surface area contributed by atoms with E-state index in [1.807, 2.05) is 47.5 Å². The number of carbonyl (C=O) groups is 2. The Morgan fingerprint density at radius 3 is 2.72 bits per heavy atom. The Kier molecular flexibility index (Phi) is 4.00. The van der Waals surface area contributed by atoms with Crippen molar-refractivity contribution in [2.75, 3.05) is 18.4 Å². The average molecular weight is 355 g/mol. The number of anilines is 1. The van der Waals surface area contributed by atoms with Crippen LogP contribution in [0.1, 0.15) is 33.6 Å². The van der Waals surface area contributed by atoms with Crippen LogP contribution in [0.3, 0.4) is 0 Å². The number of hydrogen-bond donors (Lipinski definition) is 2. The van der Waals surface area contributed by atoms with Crippen molar-refractivity contribution in [3.63, 3.8) is 0 Å². The van der Waals surface area contributed by atoms with Crippen molar-refractivity contribution in [1.82, 2.24) is 10.2 Å². The van der Waals surface area contributed by atoms with Gasteiger partial charge in [-0.15, -0.1) is 11.3 Å². The second-order valence-corrected chi connectivity index (χ2v) is 7.83. The van der Waals surface area contributed by atoms with Crippen LogP contribution in [0.25, 0.3) is 0 Å². The van der Waals surface area contributed by atoms with Crippen LogP contribution >= 0.6 is 11.3 Å². The third-order valence-corrected chi connectivity index (χ3v) is 5.98. The summed E-state index contributed by atoms with van der Waals surface area (Å²) in [5.74, 6) is 0.140. The minimum absolute atomic E-state index is 0.0230. The molecule has 130 valence electrons. The molecule has 0 atom stereocenters. The van der Waals surface area contributed by atoms with Gasteiger partial charge in [0.2, 0.25) is 5.91 Å². The van der Waals surface area contributed by atoms with Gasteiger partial charge in [-0.2, -0.15) is 0 Å². The summed E-state index contributed by atoms with van der Waals surface area (Å²) in [6.45, 7) is 3.25. The molecule has 2 aliphatic rings. The maximum absolute atomic E-state index is 12.6. The molecule has 25 heavy (non-hydrogen) atoms. The molecule has 2 amide bonds. The summed E-state index contributed by atoms with van der Waals surface area (Å²) in [5, 5.41) is 8.66. The molecule has 1 fully saturated rings. The molecule has 1 saturated heterocycles. The van der Waals surface area contributed by atoms with E-state index in [0.29, 0.717) is 32.4 Å². The highest BCUT2D eigenvalue weighted by Crippen LogP contribution is 2.32. The number of nitrogens with zero attached hydrogens (tertiary/aromatic N) is 1. The van der Waals surface area contributed by atoms with Gasteiger partial charge in [0.25, 0.3) is 5.91 Å². The van der Waals surface area contributed by atoms with Gasteiger partial charge >= 0.3 is 0 Å². The van der Waals surface area contributed by atoms with E-state index in [4.69, 9.17) is 0 Å². The average Bonchev–Trinajstić information content (AvgIpc) is 3.08. The first-order valence-corrected chi connectivity index (χ1v) is 9.45. The second-order valence-electron chi connectivity index (χ2n) is 6.80. The van der Waals surface area contributed by atoms with E-state index in [1.165, 1.54) is 0 Å². The number of rotatable bonds is 2. The van der Waals surface area contributed by atoms with E-state index >= 15 is 0 Å². The number of aryl methyl sites for hydroxylation is 1. The fourth-order valence-corrected chi connectivity index (χ4v) is 4.40. The van der Waals surface area contributed by atoms with Crippen molar-refractivity contribution in [1.29, 1.82) is 0 Å². The smallest absolute Gasteiger partial charge is 0.255 e. The lowest BCUT2D eigenvalue weighted by atomic mass is 9.91. The Hall–Kier alpha value is -2.34. The largest absolute Gasteiger partial charge is 0.362 e. The fourth-order valence-electron chi connectivity index (χ4n) is 3.70. The Balaban J connectivity index is 1.45. The zero-order valence-electron chi connectivity index (χ0n) is 14.2. The molecule has 0 unspecified atom stereocenters. The zero-order valence-corrected chi connectivity index (χ0v) is 15.0. The fraction of sp³-hybridized carbons (Fsp3) is 0.368. The predicted molar refractivity (Wildman–Crippen MR) is 98.8 cm³/mol. The first-order chi connectivity index (χ1) is 12.1. The van der Waals surface area contributed by atoms with Crippen molar-refractivity contribution in [3.05, 3.63) is 51.7 Å². The van der Waals surface area contributed by atoms with Gasteiger partial charge in [0.15, 0.2) is 0 Å². The molecular weight excluding hydrogens is 334 g/mol. The number of amides is 2.